The van der Waals surface area contributed by atoms with E-state index < -0.39 is 0 Å². The zero-order valence-electron chi connectivity index (χ0n) is 12.9. The Morgan fingerprint density at radius 1 is 1.25 bits per heavy atom. The SMILES string of the molecule is CC(C)(C)CCC(=O)NCC(CCO)c1ccccc1. The second-order valence-electron chi connectivity index (χ2n) is 6.48. The van der Waals surface area contributed by atoms with Crippen LogP contribution in [0.4, 0.5) is 0 Å². The summed E-state index contributed by atoms with van der Waals surface area (Å²) in [5, 5.41) is 12.1. The van der Waals surface area contributed by atoms with Gasteiger partial charge in [-0.25, -0.2) is 0 Å². The Bertz CT molecular complexity index is 395. The number of rotatable bonds is 7. The molecule has 0 bridgehead atoms. The van der Waals surface area contributed by atoms with E-state index in [9.17, 15) is 4.79 Å². The fourth-order valence-electron chi connectivity index (χ4n) is 2.08. The molecule has 0 saturated heterocycles. The molecule has 1 atom stereocenters. The third kappa shape index (κ3) is 6.71. The highest BCUT2D eigenvalue weighted by atomic mass is 16.3. The van der Waals surface area contributed by atoms with Gasteiger partial charge in [0.25, 0.3) is 0 Å². The molecule has 1 unspecified atom stereocenters. The van der Waals surface area contributed by atoms with Crippen LogP contribution >= 0.6 is 0 Å². The van der Waals surface area contributed by atoms with Crippen molar-refractivity contribution >= 4 is 5.91 Å². The van der Waals surface area contributed by atoms with Crippen molar-refractivity contribution in [2.75, 3.05) is 13.2 Å². The van der Waals surface area contributed by atoms with Gasteiger partial charge in [0.1, 0.15) is 0 Å². The fourth-order valence-corrected chi connectivity index (χ4v) is 2.08. The van der Waals surface area contributed by atoms with Crippen molar-refractivity contribution in [1.82, 2.24) is 5.32 Å². The molecule has 2 N–H and O–H groups in total. The predicted octanol–water partition coefficient (Wildman–Crippen LogP) is 3.10. The van der Waals surface area contributed by atoms with Crippen LogP contribution in [0.2, 0.25) is 0 Å². The van der Waals surface area contributed by atoms with Crippen molar-refractivity contribution in [2.45, 2.75) is 46.0 Å². The number of nitrogens with one attached hydrogen (secondary N) is 1. The maximum absolute atomic E-state index is 11.9. The third-order valence-corrected chi connectivity index (χ3v) is 3.40. The Morgan fingerprint density at radius 3 is 2.45 bits per heavy atom. The minimum Gasteiger partial charge on any atom is -0.396 e. The van der Waals surface area contributed by atoms with Gasteiger partial charge < -0.3 is 10.4 Å². The summed E-state index contributed by atoms with van der Waals surface area (Å²) in [6.07, 6.45) is 2.11. The summed E-state index contributed by atoms with van der Waals surface area (Å²) < 4.78 is 0. The molecule has 0 aliphatic carbocycles. The molecule has 1 rings (SSSR count). The van der Waals surface area contributed by atoms with E-state index in [0.29, 0.717) is 19.4 Å². The molecule has 0 spiro atoms. The van der Waals surface area contributed by atoms with E-state index in [-0.39, 0.29) is 23.8 Å². The van der Waals surface area contributed by atoms with Crippen LogP contribution in [0.15, 0.2) is 30.3 Å². The maximum Gasteiger partial charge on any atom is 0.220 e. The molecule has 1 aromatic carbocycles. The summed E-state index contributed by atoms with van der Waals surface area (Å²) in [5.41, 5.74) is 1.35. The van der Waals surface area contributed by atoms with E-state index in [0.717, 1.165) is 12.0 Å². The molecular weight excluding hydrogens is 250 g/mol. The standard InChI is InChI=1S/C17H27NO2/c1-17(2,3)11-9-16(20)18-13-15(10-12-19)14-7-5-4-6-8-14/h4-8,15,19H,9-13H2,1-3H3,(H,18,20). The lowest BCUT2D eigenvalue weighted by molar-refractivity contribution is -0.121. The van der Waals surface area contributed by atoms with E-state index in [4.69, 9.17) is 5.11 Å². The van der Waals surface area contributed by atoms with Gasteiger partial charge in [0, 0.05) is 25.5 Å². The summed E-state index contributed by atoms with van der Waals surface area (Å²) >= 11 is 0. The highest BCUT2D eigenvalue weighted by Gasteiger charge is 2.15. The zero-order valence-corrected chi connectivity index (χ0v) is 12.9. The average Bonchev–Trinajstić information content (AvgIpc) is 2.41. The molecule has 3 heteroatoms. The number of benzene rings is 1. The lowest BCUT2D eigenvalue weighted by Crippen LogP contribution is -2.29. The monoisotopic (exact) mass is 277 g/mol. The molecule has 0 aliphatic heterocycles. The number of hydrogen-bond donors (Lipinski definition) is 2. The summed E-state index contributed by atoms with van der Waals surface area (Å²) in [6, 6.07) is 10.0. The molecular formula is C17H27NO2. The van der Waals surface area contributed by atoms with Gasteiger partial charge in [-0.15, -0.1) is 0 Å². The highest BCUT2D eigenvalue weighted by molar-refractivity contribution is 5.75. The Labute approximate surface area is 122 Å². The number of aliphatic hydroxyl groups is 1. The first-order chi connectivity index (χ1) is 9.42. The van der Waals surface area contributed by atoms with Gasteiger partial charge in [-0.2, -0.15) is 0 Å². The molecule has 1 amide bonds. The zero-order chi connectivity index (χ0) is 15.0. The molecule has 0 saturated carbocycles. The molecule has 20 heavy (non-hydrogen) atoms. The maximum atomic E-state index is 11.9. The number of hydrogen-bond acceptors (Lipinski definition) is 2. The highest BCUT2D eigenvalue weighted by Crippen LogP contribution is 2.21. The number of carbonyl (C=O) groups excluding carboxylic acids is 1. The van der Waals surface area contributed by atoms with Crippen LogP contribution < -0.4 is 5.32 Å². The van der Waals surface area contributed by atoms with Gasteiger partial charge in [-0.05, 0) is 23.8 Å². The average molecular weight is 277 g/mol. The number of amides is 1. The van der Waals surface area contributed by atoms with Crippen molar-refractivity contribution in [3.05, 3.63) is 35.9 Å². The number of aliphatic hydroxyl groups excluding tert-OH is 1. The van der Waals surface area contributed by atoms with Gasteiger partial charge >= 0.3 is 0 Å². The minimum absolute atomic E-state index is 0.0961. The van der Waals surface area contributed by atoms with E-state index in [1.807, 2.05) is 30.3 Å². The molecule has 1 aromatic rings. The van der Waals surface area contributed by atoms with E-state index >= 15 is 0 Å². The molecule has 3 nitrogen and oxygen atoms in total. The van der Waals surface area contributed by atoms with Crippen LogP contribution in [0, 0.1) is 5.41 Å². The first-order valence-electron chi connectivity index (χ1n) is 7.35. The first-order valence-corrected chi connectivity index (χ1v) is 7.35. The van der Waals surface area contributed by atoms with Crippen molar-refractivity contribution < 1.29 is 9.90 Å². The van der Waals surface area contributed by atoms with Crippen LogP contribution in [-0.4, -0.2) is 24.2 Å². The Balaban J connectivity index is 2.45. The van der Waals surface area contributed by atoms with Gasteiger partial charge in [0.05, 0.1) is 0 Å². The molecule has 0 aliphatic rings. The third-order valence-electron chi connectivity index (χ3n) is 3.40. The molecule has 112 valence electrons. The van der Waals surface area contributed by atoms with E-state index in [2.05, 4.69) is 26.1 Å². The smallest absolute Gasteiger partial charge is 0.220 e. The molecule has 0 aromatic heterocycles. The second-order valence-corrected chi connectivity index (χ2v) is 6.48. The van der Waals surface area contributed by atoms with Crippen LogP contribution in [0.5, 0.6) is 0 Å². The number of carbonyl (C=O) groups is 1. The van der Waals surface area contributed by atoms with E-state index in [1.165, 1.54) is 0 Å². The summed E-state index contributed by atoms with van der Waals surface area (Å²) in [7, 11) is 0. The quantitative estimate of drug-likeness (QED) is 0.804. The van der Waals surface area contributed by atoms with Crippen molar-refractivity contribution in [2.24, 2.45) is 5.41 Å². The molecule has 0 fully saturated rings. The molecule has 0 radical (unpaired) electrons. The Hall–Kier alpha value is -1.35. The van der Waals surface area contributed by atoms with Crippen LogP contribution in [-0.2, 0) is 4.79 Å². The van der Waals surface area contributed by atoms with Gasteiger partial charge in [0.2, 0.25) is 5.91 Å². The summed E-state index contributed by atoms with van der Waals surface area (Å²) in [6.45, 7) is 7.14. The largest absolute Gasteiger partial charge is 0.396 e. The van der Waals surface area contributed by atoms with Gasteiger partial charge in [0.15, 0.2) is 0 Å². The lowest BCUT2D eigenvalue weighted by Gasteiger charge is -2.19. The van der Waals surface area contributed by atoms with Crippen molar-refractivity contribution in [3.8, 4) is 0 Å². The van der Waals surface area contributed by atoms with Crippen molar-refractivity contribution in [1.29, 1.82) is 0 Å². The van der Waals surface area contributed by atoms with E-state index in [1.54, 1.807) is 0 Å². The Morgan fingerprint density at radius 2 is 1.90 bits per heavy atom. The Kier molecular flexibility index (Phi) is 6.73. The van der Waals surface area contributed by atoms with Crippen LogP contribution in [0.1, 0.15) is 51.5 Å². The van der Waals surface area contributed by atoms with Crippen molar-refractivity contribution in [3.63, 3.8) is 0 Å². The minimum atomic E-state index is 0.0961. The second kappa shape index (κ2) is 8.05. The molecule has 0 heterocycles. The fraction of sp³-hybridized carbons (Fsp3) is 0.588. The topological polar surface area (TPSA) is 49.3 Å². The predicted molar refractivity (Wildman–Crippen MR) is 82.6 cm³/mol. The van der Waals surface area contributed by atoms with Crippen LogP contribution in [0.3, 0.4) is 0 Å². The van der Waals surface area contributed by atoms with Gasteiger partial charge in [-0.1, -0.05) is 51.1 Å². The summed E-state index contributed by atoms with van der Waals surface area (Å²) in [5.74, 6) is 0.276. The first kappa shape index (κ1) is 16.7. The summed E-state index contributed by atoms with van der Waals surface area (Å²) in [4.78, 5) is 11.9. The lowest BCUT2D eigenvalue weighted by atomic mass is 9.90. The van der Waals surface area contributed by atoms with Gasteiger partial charge in [-0.3, -0.25) is 4.79 Å². The normalized spacial score (nSPS) is 13.0. The van der Waals surface area contributed by atoms with Crippen LogP contribution in [0.25, 0.3) is 0 Å².